The zero-order valence-corrected chi connectivity index (χ0v) is 41.6. The maximum absolute atomic E-state index is 12.8. The van der Waals surface area contributed by atoms with Crippen molar-refractivity contribution in [2.75, 3.05) is 13.2 Å². The Morgan fingerprint density at radius 3 is 0.984 bits per heavy atom. The Balaban J connectivity index is 4.42. The van der Waals surface area contributed by atoms with Crippen molar-refractivity contribution in [3.63, 3.8) is 0 Å². The van der Waals surface area contributed by atoms with Crippen molar-refractivity contribution < 1.29 is 28.6 Å². The topological polar surface area (TPSA) is 78.9 Å². The number of allylic oxidation sites excluding steroid dienone is 10. The molecule has 0 bridgehead atoms. The summed E-state index contributed by atoms with van der Waals surface area (Å²) in [6.07, 6.45) is 63.5. The molecule has 0 aliphatic rings. The monoisotopic (exact) mass is 881 g/mol. The van der Waals surface area contributed by atoms with Crippen LogP contribution in [-0.4, -0.2) is 37.2 Å². The molecule has 0 aromatic heterocycles. The first-order valence-electron chi connectivity index (χ1n) is 26.8. The highest BCUT2D eigenvalue weighted by Crippen LogP contribution is 2.16. The van der Waals surface area contributed by atoms with Crippen LogP contribution in [0.5, 0.6) is 0 Å². The number of ether oxygens (including phenoxy) is 3. The molecule has 0 radical (unpaired) electrons. The van der Waals surface area contributed by atoms with Crippen LogP contribution in [0.2, 0.25) is 0 Å². The van der Waals surface area contributed by atoms with Gasteiger partial charge in [0.05, 0.1) is 0 Å². The first-order valence-corrected chi connectivity index (χ1v) is 26.8. The first-order chi connectivity index (χ1) is 31.0. The zero-order valence-electron chi connectivity index (χ0n) is 41.6. The quantitative estimate of drug-likeness (QED) is 0.0262. The van der Waals surface area contributed by atoms with E-state index in [4.69, 9.17) is 14.2 Å². The van der Waals surface area contributed by atoms with Crippen LogP contribution >= 0.6 is 0 Å². The van der Waals surface area contributed by atoms with Crippen LogP contribution in [0.1, 0.15) is 265 Å². The molecule has 63 heavy (non-hydrogen) atoms. The van der Waals surface area contributed by atoms with E-state index in [1.54, 1.807) is 0 Å². The molecule has 0 aliphatic heterocycles. The SMILES string of the molecule is CC/C=C/C=C/C=C/CCCCCCCC(=O)OCC(COC(=O)CCCCC/C=C/C=C/CCCCCCCCC)OC(=O)CCCCCCCCCCCCCCCCCC. The average Bonchev–Trinajstić information content (AvgIpc) is 3.28. The lowest BCUT2D eigenvalue weighted by Crippen LogP contribution is -2.30. The largest absolute Gasteiger partial charge is 0.462 e. The van der Waals surface area contributed by atoms with Gasteiger partial charge in [-0.2, -0.15) is 0 Å². The Kier molecular flexibility index (Phi) is 49.4. The van der Waals surface area contributed by atoms with E-state index in [-0.39, 0.29) is 31.1 Å². The maximum atomic E-state index is 12.8. The maximum Gasteiger partial charge on any atom is 0.306 e. The highest BCUT2D eigenvalue weighted by atomic mass is 16.6. The Hall–Kier alpha value is -2.89. The number of rotatable bonds is 48. The number of esters is 3. The minimum atomic E-state index is -0.791. The number of carbonyl (C=O) groups is 3. The summed E-state index contributed by atoms with van der Waals surface area (Å²) in [5.41, 5.74) is 0. The molecule has 0 aliphatic carbocycles. The molecule has 0 heterocycles. The third kappa shape index (κ3) is 50.0. The normalized spacial score (nSPS) is 12.5. The molecule has 0 rings (SSSR count). The lowest BCUT2D eigenvalue weighted by molar-refractivity contribution is -0.167. The second-order valence-corrected chi connectivity index (χ2v) is 17.9. The lowest BCUT2D eigenvalue weighted by Gasteiger charge is -2.18. The number of carbonyl (C=O) groups excluding carboxylic acids is 3. The molecule has 0 N–H and O–H groups in total. The van der Waals surface area contributed by atoms with Crippen LogP contribution in [-0.2, 0) is 28.6 Å². The number of hydrogen-bond acceptors (Lipinski definition) is 6. The average molecular weight is 881 g/mol. The highest BCUT2D eigenvalue weighted by Gasteiger charge is 2.19. The molecule has 0 aromatic carbocycles. The molecule has 0 saturated carbocycles. The van der Waals surface area contributed by atoms with Gasteiger partial charge in [-0.25, -0.2) is 0 Å². The van der Waals surface area contributed by atoms with Gasteiger partial charge in [-0.05, 0) is 64.2 Å². The van der Waals surface area contributed by atoms with E-state index in [9.17, 15) is 14.4 Å². The molecule has 6 heteroatoms. The van der Waals surface area contributed by atoms with Gasteiger partial charge in [0.2, 0.25) is 0 Å². The van der Waals surface area contributed by atoms with E-state index in [1.165, 1.54) is 128 Å². The third-order valence-electron chi connectivity index (χ3n) is 11.6. The van der Waals surface area contributed by atoms with Crippen molar-refractivity contribution in [1.82, 2.24) is 0 Å². The van der Waals surface area contributed by atoms with Crippen LogP contribution in [0, 0.1) is 0 Å². The van der Waals surface area contributed by atoms with Gasteiger partial charge in [0.1, 0.15) is 13.2 Å². The molecule has 6 nitrogen and oxygen atoms in total. The van der Waals surface area contributed by atoms with Crippen molar-refractivity contribution in [2.45, 2.75) is 271 Å². The van der Waals surface area contributed by atoms with E-state index in [0.717, 1.165) is 96.3 Å². The van der Waals surface area contributed by atoms with Crippen LogP contribution < -0.4 is 0 Å². The van der Waals surface area contributed by atoms with Gasteiger partial charge in [0, 0.05) is 19.3 Å². The van der Waals surface area contributed by atoms with Gasteiger partial charge in [0.25, 0.3) is 0 Å². The molecular formula is C57H100O6. The third-order valence-corrected chi connectivity index (χ3v) is 11.6. The second-order valence-electron chi connectivity index (χ2n) is 17.9. The van der Waals surface area contributed by atoms with Gasteiger partial charge < -0.3 is 14.2 Å². The molecule has 1 unspecified atom stereocenters. The number of hydrogen-bond donors (Lipinski definition) is 0. The summed E-state index contributed by atoms with van der Waals surface area (Å²) in [5, 5.41) is 0. The highest BCUT2D eigenvalue weighted by molar-refractivity contribution is 5.71. The predicted molar refractivity (Wildman–Crippen MR) is 270 cm³/mol. The summed E-state index contributed by atoms with van der Waals surface area (Å²) in [6.45, 7) is 6.48. The second kappa shape index (κ2) is 51.7. The van der Waals surface area contributed by atoms with E-state index >= 15 is 0 Å². The Morgan fingerprint density at radius 1 is 0.333 bits per heavy atom. The molecule has 0 saturated heterocycles. The van der Waals surface area contributed by atoms with Gasteiger partial charge in [-0.15, -0.1) is 0 Å². The van der Waals surface area contributed by atoms with Crippen LogP contribution in [0.3, 0.4) is 0 Å². The van der Waals surface area contributed by atoms with Gasteiger partial charge in [0.15, 0.2) is 6.10 Å². The summed E-state index contributed by atoms with van der Waals surface area (Å²) < 4.78 is 16.8. The Labute approximate surface area is 390 Å². The molecule has 0 spiro atoms. The smallest absolute Gasteiger partial charge is 0.306 e. The van der Waals surface area contributed by atoms with Crippen LogP contribution in [0.4, 0.5) is 0 Å². The van der Waals surface area contributed by atoms with Crippen molar-refractivity contribution >= 4 is 17.9 Å². The Morgan fingerprint density at radius 2 is 0.619 bits per heavy atom. The van der Waals surface area contributed by atoms with E-state index in [1.807, 2.05) is 0 Å². The summed E-state index contributed by atoms with van der Waals surface area (Å²) in [6, 6.07) is 0. The number of unbranched alkanes of at least 4 members (excludes halogenated alkanes) is 30. The Bertz CT molecular complexity index is 1150. The van der Waals surface area contributed by atoms with Crippen molar-refractivity contribution in [3.8, 4) is 0 Å². The summed E-state index contributed by atoms with van der Waals surface area (Å²) in [5.74, 6) is -0.929. The molecule has 0 amide bonds. The van der Waals surface area contributed by atoms with E-state index in [0.29, 0.717) is 19.3 Å². The first kappa shape index (κ1) is 60.1. The molecular weight excluding hydrogens is 781 g/mol. The summed E-state index contributed by atoms with van der Waals surface area (Å²) >= 11 is 0. The van der Waals surface area contributed by atoms with Crippen molar-refractivity contribution in [1.29, 1.82) is 0 Å². The van der Waals surface area contributed by atoms with Crippen LogP contribution in [0.25, 0.3) is 0 Å². The van der Waals surface area contributed by atoms with Crippen molar-refractivity contribution in [2.24, 2.45) is 0 Å². The van der Waals surface area contributed by atoms with Gasteiger partial charge in [-0.1, -0.05) is 242 Å². The molecule has 1 atom stereocenters. The van der Waals surface area contributed by atoms with E-state index < -0.39 is 6.10 Å². The minimum Gasteiger partial charge on any atom is -0.462 e. The fourth-order valence-corrected chi connectivity index (χ4v) is 7.55. The standard InChI is InChI=1S/C57H100O6/c1-4-7-10-13-16-19-22-25-27-29-32-35-38-41-44-47-50-56(59)62-53-54(52-61-55(58)49-46-43-40-37-34-31-24-21-18-15-12-9-6-3)63-57(60)51-48-45-42-39-36-33-30-28-26-23-20-17-14-11-8-5-2/h9,12,15,18,21,24,27,29,32,35,54H,4-8,10-11,13-14,16-17,19-20,22-23,25-26,28,30-31,33-34,36-53H2,1-3H3/b12-9+,18-15+,24-21+,29-27+,35-32+. The minimum absolute atomic E-state index is 0.0916. The van der Waals surface area contributed by atoms with E-state index in [2.05, 4.69) is 81.5 Å². The molecule has 0 fully saturated rings. The molecule has 364 valence electrons. The fraction of sp³-hybridized carbons (Fsp3) is 0.772. The lowest BCUT2D eigenvalue weighted by atomic mass is 10.0. The van der Waals surface area contributed by atoms with Gasteiger partial charge >= 0.3 is 17.9 Å². The summed E-state index contributed by atoms with van der Waals surface area (Å²) in [7, 11) is 0. The predicted octanol–water partition coefficient (Wildman–Crippen LogP) is 17.6. The molecule has 0 aromatic rings. The van der Waals surface area contributed by atoms with Gasteiger partial charge in [-0.3, -0.25) is 14.4 Å². The summed E-state index contributed by atoms with van der Waals surface area (Å²) in [4.78, 5) is 38.0. The zero-order chi connectivity index (χ0) is 45.8. The van der Waals surface area contributed by atoms with Crippen molar-refractivity contribution in [3.05, 3.63) is 60.8 Å². The fourth-order valence-electron chi connectivity index (χ4n) is 7.55. The van der Waals surface area contributed by atoms with Crippen LogP contribution in [0.15, 0.2) is 60.8 Å².